The second-order valence-corrected chi connectivity index (χ2v) is 9.07. The molecule has 4 aromatic rings. The van der Waals surface area contributed by atoms with E-state index < -0.39 is 6.09 Å². The van der Waals surface area contributed by atoms with E-state index in [0.29, 0.717) is 31.7 Å². The minimum absolute atomic E-state index is 0.00652. The summed E-state index contributed by atoms with van der Waals surface area (Å²) in [6, 6.07) is 24.0. The lowest BCUT2D eigenvalue weighted by Gasteiger charge is -2.24. The molecule has 5 rings (SSSR count). The molecule has 1 saturated heterocycles. The van der Waals surface area contributed by atoms with Gasteiger partial charge in [0, 0.05) is 43.0 Å². The zero-order valence-corrected chi connectivity index (χ0v) is 19.6. The van der Waals surface area contributed by atoms with E-state index in [9.17, 15) is 14.0 Å². The Labute approximate surface area is 208 Å². The van der Waals surface area contributed by atoms with Crippen molar-refractivity contribution < 1.29 is 18.7 Å². The first kappa shape index (κ1) is 23.6. The van der Waals surface area contributed by atoms with Gasteiger partial charge in [-0.2, -0.15) is 0 Å². The Hall–Kier alpha value is -4.17. The molecular weight excluding hydrogens is 459 g/mol. The summed E-state index contributed by atoms with van der Waals surface area (Å²) < 4.78 is 18.5. The third-order valence-corrected chi connectivity index (χ3v) is 6.54. The lowest BCUT2D eigenvalue weighted by atomic mass is 10.0. The maximum atomic E-state index is 13.3. The number of amides is 2. The average molecular weight is 487 g/mol. The van der Waals surface area contributed by atoms with E-state index in [1.165, 1.54) is 12.1 Å². The summed E-state index contributed by atoms with van der Waals surface area (Å²) >= 11 is 0. The number of likely N-dealkylation sites (tertiary alicyclic amines) is 1. The third-order valence-electron chi connectivity index (χ3n) is 6.54. The predicted octanol–water partition coefficient (Wildman–Crippen LogP) is 4.44. The van der Waals surface area contributed by atoms with E-state index in [1.54, 1.807) is 12.1 Å². The summed E-state index contributed by atoms with van der Waals surface area (Å²) in [4.78, 5) is 29.7. The van der Waals surface area contributed by atoms with Crippen molar-refractivity contribution in [1.82, 2.24) is 15.2 Å². The summed E-state index contributed by atoms with van der Waals surface area (Å²) in [7, 11) is 0. The van der Waals surface area contributed by atoms with E-state index in [-0.39, 0.29) is 23.9 Å². The molecule has 0 bridgehead atoms. The summed E-state index contributed by atoms with van der Waals surface area (Å²) in [5, 5.41) is 3.93. The standard InChI is InChI=1S/C28H27FN4O3/c29-22-10-8-19(9-11-22)20-6-7-21-13-26(32-25(21)12-20)27(34)31-15-23-14-24(36-28(30)35)17-33(23)16-18-4-2-1-3-5-18/h1-13,23-24,32H,14-17H2,(H2,30,35)(H,31,34)/t23-,24-/m0/s1. The highest BCUT2D eigenvalue weighted by Gasteiger charge is 2.34. The minimum Gasteiger partial charge on any atom is -0.445 e. The van der Waals surface area contributed by atoms with Crippen LogP contribution in [0.4, 0.5) is 9.18 Å². The van der Waals surface area contributed by atoms with Crippen LogP contribution in [0, 0.1) is 5.82 Å². The number of hydrogen-bond donors (Lipinski definition) is 3. The molecule has 8 heteroatoms. The molecule has 2 amide bonds. The van der Waals surface area contributed by atoms with Gasteiger partial charge in [0.25, 0.3) is 5.91 Å². The largest absolute Gasteiger partial charge is 0.445 e. The average Bonchev–Trinajstić information content (AvgIpc) is 3.46. The maximum absolute atomic E-state index is 13.3. The Morgan fingerprint density at radius 2 is 1.78 bits per heavy atom. The number of fused-ring (bicyclic) bond motifs is 1. The van der Waals surface area contributed by atoms with Crippen LogP contribution in [-0.4, -0.2) is 47.1 Å². The molecule has 3 aromatic carbocycles. The molecule has 1 aliphatic rings. The predicted molar refractivity (Wildman–Crippen MR) is 136 cm³/mol. The lowest BCUT2D eigenvalue weighted by Crippen LogP contribution is -2.39. The van der Waals surface area contributed by atoms with E-state index in [2.05, 4.69) is 15.2 Å². The van der Waals surface area contributed by atoms with Gasteiger partial charge in [-0.25, -0.2) is 9.18 Å². The number of ether oxygens (including phenoxy) is 1. The number of aromatic nitrogens is 1. The van der Waals surface area contributed by atoms with Crippen LogP contribution in [0.3, 0.4) is 0 Å². The van der Waals surface area contributed by atoms with Crippen molar-refractivity contribution in [2.24, 2.45) is 5.73 Å². The van der Waals surface area contributed by atoms with E-state index in [1.807, 2.05) is 54.6 Å². The Bertz CT molecular complexity index is 1370. The summed E-state index contributed by atoms with van der Waals surface area (Å²) in [6.45, 7) is 1.63. The molecule has 2 atom stereocenters. The Morgan fingerprint density at radius 1 is 1.03 bits per heavy atom. The maximum Gasteiger partial charge on any atom is 0.404 e. The van der Waals surface area contributed by atoms with Crippen molar-refractivity contribution >= 4 is 22.9 Å². The van der Waals surface area contributed by atoms with Gasteiger partial charge >= 0.3 is 6.09 Å². The summed E-state index contributed by atoms with van der Waals surface area (Å²) in [6.07, 6.45) is -0.516. The molecular formula is C28H27FN4O3. The van der Waals surface area contributed by atoms with Crippen molar-refractivity contribution in [2.75, 3.05) is 13.1 Å². The van der Waals surface area contributed by atoms with Crippen molar-refractivity contribution in [3.63, 3.8) is 0 Å². The molecule has 0 unspecified atom stereocenters. The number of hydrogen-bond acceptors (Lipinski definition) is 4. The van der Waals surface area contributed by atoms with Gasteiger partial charge in [0.05, 0.1) is 0 Å². The third kappa shape index (κ3) is 5.39. The zero-order chi connectivity index (χ0) is 25.1. The summed E-state index contributed by atoms with van der Waals surface area (Å²) in [5.74, 6) is -0.496. The van der Waals surface area contributed by atoms with Crippen LogP contribution in [-0.2, 0) is 11.3 Å². The van der Waals surface area contributed by atoms with Crippen molar-refractivity contribution in [3.05, 3.63) is 95.9 Å². The molecule has 4 N–H and O–H groups in total. The number of nitrogens with one attached hydrogen (secondary N) is 2. The fourth-order valence-corrected chi connectivity index (χ4v) is 4.79. The van der Waals surface area contributed by atoms with Crippen LogP contribution in [0.15, 0.2) is 78.9 Å². The van der Waals surface area contributed by atoms with Gasteiger partial charge in [-0.3, -0.25) is 9.69 Å². The number of nitrogens with two attached hydrogens (primary N) is 1. The lowest BCUT2D eigenvalue weighted by molar-refractivity contribution is 0.0935. The monoisotopic (exact) mass is 486 g/mol. The highest BCUT2D eigenvalue weighted by Crippen LogP contribution is 2.26. The quantitative estimate of drug-likeness (QED) is 0.360. The molecule has 1 fully saturated rings. The van der Waals surface area contributed by atoms with Crippen LogP contribution in [0.2, 0.25) is 0 Å². The smallest absolute Gasteiger partial charge is 0.404 e. The fourth-order valence-electron chi connectivity index (χ4n) is 4.79. The number of primary amides is 1. The first-order chi connectivity index (χ1) is 17.4. The second-order valence-electron chi connectivity index (χ2n) is 9.07. The highest BCUT2D eigenvalue weighted by molar-refractivity contribution is 5.98. The molecule has 1 aromatic heterocycles. The molecule has 184 valence electrons. The molecule has 36 heavy (non-hydrogen) atoms. The van der Waals surface area contributed by atoms with E-state index in [0.717, 1.165) is 27.6 Å². The molecule has 2 heterocycles. The van der Waals surface area contributed by atoms with Crippen molar-refractivity contribution in [2.45, 2.75) is 25.1 Å². The topological polar surface area (TPSA) is 100 Å². The van der Waals surface area contributed by atoms with Crippen LogP contribution >= 0.6 is 0 Å². The van der Waals surface area contributed by atoms with Crippen LogP contribution < -0.4 is 11.1 Å². The number of nitrogens with zero attached hydrogens (tertiary/aromatic N) is 1. The van der Waals surface area contributed by atoms with Gasteiger partial charge in [0.15, 0.2) is 0 Å². The number of rotatable bonds is 7. The van der Waals surface area contributed by atoms with Gasteiger partial charge in [-0.05, 0) is 41.0 Å². The Balaban J connectivity index is 1.27. The van der Waals surface area contributed by atoms with Gasteiger partial charge in [0.1, 0.15) is 17.6 Å². The molecule has 0 saturated carbocycles. The number of benzene rings is 3. The first-order valence-electron chi connectivity index (χ1n) is 11.9. The van der Waals surface area contributed by atoms with E-state index >= 15 is 0 Å². The molecule has 0 spiro atoms. The number of aromatic amines is 1. The number of halogens is 1. The summed E-state index contributed by atoms with van der Waals surface area (Å²) in [5.41, 5.74) is 9.48. The Morgan fingerprint density at radius 3 is 2.53 bits per heavy atom. The van der Waals surface area contributed by atoms with Crippen molar-refractivity contribution in [3.8, 4) is 11.1 Å². The van der Waals surface area contributed by atoms with Crippen LogP contribution in [0.5, 0.6) is 0 Å². The molecule has 0 aliphatic carbocycles. The van der Waals surface area contributed by atoms with Crippen LogP contribution in [0.25, 0.3) is 22.0 Å². The normalized spacial score (nSPS) is 17.8. The first-order valence-corrected chi connectivity index (χ1v) is 11.9. The Kier molecular flexibility index (Phi) is 6.69. The molecule has 7 nitrogen and oxygen atoms in total. The van der Waals surface area contributed by atoms with Gasteiger partial charge in [-0.15, -0.1) is 0 Å². The highest BCUT2D eigenvalue weighted by atomic mass is 19.1. The van der Waals surface area contributed by atoms with E-state index in [4.69, 9.17) is 10.5 Å². The van der Waals surface area contributed by atoms with Crippen molar-refractivity contribution in [1.29, 1.82) is 0 Å². The van der Waals surface area contributed by atoms with Crippen LogP contribution in [0.1, 0.15) is 22.5 Å². The second kappa shape index (κ2) is 10.2. The molecule has 0 radical (unpaired) electrons. The minimum atomic E-state index is -0.789. The number of carbonyl (C=O) groups is 2. The molecule has 1 aliphatic heterocycles. The van der Waals surface area contributed by atoms with Gasteiger partial charge in [-0.1, -0.05) is 54.6 Å². The fraction of sp³-hybridized carbons (Fsp3) is 0.214. The number of carbonyl (C=O) groups excluding carboxylic acids is 2. The zero-order valence-electron chi connectivity index (χ0n) is 19.6. The van der Waals surface area contributed by atoms with Gasteiger partial charge in [0.2, 0.25) is 0 Å². The number of H-pyrrole nitrogens is 1. The van der Waals surface area contributed by atoms with Gasteiger partial charge < -0.3 is 20.8 Å². The SMILES string of the molecule is NC(=O)O[C@H]1C[C@@H](CNC(=O)c2cc3ccc(-c4ccc(F)cc4)cc3[nH]2)N(Cc2ccccc2)C1.